The molecule has 1 N–H and O–H groups in total. The average molecular weight is 437 g/mol. The quantitative estimate of drug-likeness (QED) is 0.490. The maximum Gasteiger partial charge on any atom is 0.339 e. The first-order valence-corrected chi connectivity index (χ1v) is 11.5. The van der Waals surface area contributed by atoms with E-state index in [9.17, 15) is 9.67 Å². The fourth-order valence-electron chi connectivity index (χ4n) is 3.19. The van der Waals surface area contributed by atoms with Crippen LogP contribution in [0.1, 0.15) is 51.5 Å². The normalized spacial score (nSPS) is 13.0. The van der Waals surface area contributed by atoms with Crippen LogP contribution in [0.5, 0.6) is 17.2 Å². The van der Waals surface area contributed by atoms with Crippen molar-refractivity contribution in [2.45, 2.75) is 59.4 Å². The number of aromatic hydroxyl groups is 1. The minimum atomic E-state index is -3.43. The largest absolute Gasteiger partial charge is 0.502 e. The van der Waals surface area contributed by atoms with Crippen molar-refractivity contribution in [3.63, 3.8) is 0 Å². The van der Waals surface area contributed by atoms with Crippen LogP contribution in [0.25, 0.3) is 11.1 Å². The molecule has 1 heterocycles. The molecule has 0 saturated heterocycles. The van der Waals surface area contributed by atoms with Gasteiger partial charge in [-0.2, -0.15) is 0 Å². The molecule has 7 nitrogen and oxygen atoms in total. The van der Waals surface area contributed by atoms with Crippen LogP contribution < -0.4 is 9.47 Å². The molecule has 166 valence electrons. The molecule has 1 aromatic carbocycles. The van der Waals surface area contributed by atoms with E-state index in [1.165, 1.54) is 14.2 Å². The number of aromatic nitrogens is 1. The van der Waals surface area contributed by atoms with Gasteiger partial charge in [0.15, 0.2) is 11.5 Å². The Balaban J connectivity index is 2.47. The lowest BCUT2D eigenvalue weighted by Gasteiger charge is -2.28. The van der Waals surface area contributed by atoms with Gasteiger partial charge in [0.25, 0.3) is 0 Å². The molecule has 0 radical (unpaired) electrons. The van der Waals surface area contributed by atoms with Gasteiger partial charge in [-0.05, 0) is 70.9 Å². The molecule has 8 heteroatoms. The van der Waals surface area contributed by atoms with Crippen molar-refractivity contribution in [2.24, 2.45) is 0 Å². The zero-order valence-electron chi connectivity index (χ0n) is 18.9. The van der Waals surface area contributed by atoms with Crippen LogP contribution >= 0.6 is 7.60 Å². The predicted octanol–water partition coefficient (Wildman–Crippen LogP) is 5.88. The Morgan fingerprint density at radius 3 is 1.80 bits per heavy atom. The smallest absolute Gasteiger partial charge is 0.339 e. The number of aryl methyl sites for hydroxylation is 1. The van der Waals surface area contributed by atoms with E-state index in [2.05, 4.69) is 4.98 Å². The molecular weight excluding hydrogens is 405 g/mol. The first kappa shape index (κ1) is 24.2. The van der Waals surface area contributed by atoms with Gasteiger partial charge in [0, 0.05) is 11.8 Å². The number of nitrogens with zero attached hydrogens (tertiary/aromatic N) is 1. The first-order valence-electron chi connectivity index (χ1n) is 9.90. The second-order valence-electron chi connectivity index (χ2n) is 7.68. The highest BCUT2D eigenvalue weighted by molar-refractivity contribution is 7.54. The Hall–Kier alpha value is -2.08. The summed E-state index contributed by atoms with van der Waals surface area (Å²) in [7, 11) is -0.467. The minimum absolute atomic E-state index is 0.0590. The molecule has 1 aromatic heterocycles. The summed E-state index contributed by atoms with van der Waals surface area (Å²) in [5, 5.41) is 10.1. The van der Waals surface area contributed by atoms with Crippen molar-refractivity contribution in [3.8, 4) is 28.4 Å². The van der Waals surface area contributed by atoms with Gasteiger partial charge >= 0.3 is 7.60 Å². The van der Waals surface area contributed by atoms with Gasteiger partial charge in [-0.25, -0.2) is 0 Å². The third-order valence-electron chi connectivity index (χ3n) is 4.52. The highest BCUT2D eigenvalue weighted by atomic mass is 31.2. The van der Waals surface area contributed by atoms with E-state index in [1.54, 1.807) is 18.3 Å². The zero-order valence-corrected chi connectivity index (χ0v) is 19.8. The monoisotopic (exact) mass is 437 g/mol. The maximum absolute atomic E-state index is 13.5. The van der Waals surface area contributed by atoms with Crippen molar-refractivity contribution in [1.82, 2.24) is 4.98 Å². The molecule has 30 heavy (non-hydrogen) atoms. The van der Waals surface area contributed by atoms with Crippen LogP contribution in [-0.2, 0) is 13.6 Å². The maximum atomic E-state index is 13.5. The van der Waals surface area contributed by atoms with Crippen LogP contribution in [0, 0.1) is 6.92 Å². The Kier molecular flexibility index (Phi) is 7.92. The fourth-order valence-corrected chi connectivity index (χ4v) is 5.35. The Morgan fingerprint density at radius 2 is 1.40 bits per heavy atom. The molecule has 0 aliphatic heterocycles. The molecule has 0 fully saturated rings. The minimum Gasteiger partial charge on any atom is -0.502 e. The number of hydrogen-bond donors (Lipinski definition) is 1. The van der Waals surface area contributed by atoms with E-state index in [4.69, 9.17) is 18.5 Å². The van der Waals surface area contributed by atoms with Crippen LogP contribution in [-0.4, -0.2) is 36.5 Å². The number of pyridine rings is 1. The lowest BCUT2D eigenvalue weighted by molar-refractivity contribution is 0.137. The molecular formula is C22H32NO6P. The zero-order chi connectivity index (χ0) is 22.6. The first-order chi connectivity index (χ1) is 14.0. The van der Waals surface area contributed by atoms with E-state index in [0.29, 0.717) is 17.2 Å². The molecule has 0 saturated carbocycles. The molecule has 0 bridgehead atoms. The molecule has 0 amide bonds. The molecule has 2 aromatic rings. The van der Waals surface area contributed by atoms with Gasteiger partial charge in [-0.1, -0.05) is 0 Å². The molecule has 1 atom stereocenters. The van der Waals surface area contributed by atoms with Crippen LogP contribution in [0.4, 0.5) is 0 Å². The fraction of sp³-hybridized carbons (Fsp3) is 0.500. The molecule has 1 unspecified atom stereocenters. The summed E-state index contributed by atoms with van der Waals surface area (Å²) in [6.07, 6.45) is 1.21. The summed E-state index contributed by atoms with van der Waals surface area (Å²) in [6, 6.07) is 5.37. The Labute approximate surface area is 178 Å². The standard InChI is InChI=1S/C22H32NO6P/c1-13(2)28-30(25,29-14(3)4)16(6)21-15(5)9-18(12-23-21)17-10-19(26-7)22(24)20(11-17)27-8/h9-14,16,24H,1-8H3. The van der Waals surface area contributed by atoms with E-state index >= 15 is 0 Å². The predicted molar refractivity (Wildman–Crippen MR) is 118 cm³/mol. The second-order valence-corrected chi connectivity index (χ2v) is 9.96. The van der Waals surface area contributed by atoms with Gasteiger partial charge in [0.05, 0.1) is 32.1 Å². The van der Waals surface area contributed by atoms with Gasteiger partial charge in [-0.3, -0.25) is 9.55 Å². The number of benzene rings is 1. The highest BCUT2D eigenvalue weighted by Gasteiger charge is 2.37. The van der Waals surface area contributed by atoms with Gasteiger partial charge < -0.3 is 23.6 Å². The average Bonchev–Trinajstić information content (AvgIpc) is 2.66. The van der Waals surface area contributed by atoms with E-state index in [0.717, 1.165) is 16.7 Å². The number of phenolic OH excluding ortho intramolecular Hbond substituents is 1. The van der Waals surface area contributed by atoms with E-state index in [1.807, 2.05) is 47.6 Å². The summed E-state index contributed by atoms with van der Waals surface area (Å²) >= 11 is 0. The Bertz CT molecular complexity index is 889. The van der Waals surface area contributed by atoms with Crippen LogP contribution in [0.15, 0.2) is 24.4 Å². The van der Waals surface area contributed by atoms with Crippen LogP contribution in [0.3, 0.4) is 0 Å². The molecule has 0 aliphatic carbocycles. The lowest BCUT2D eigenvalue weighted by Crippen LogP contribution is -2.13. The van der Waals surface area contributed by atoms with Gasteiger partial charge in [-0.15, -0.1) is 0 Å². The second kappa shape index (κ2) is 9.82. The topological polar surface area (TPSA) is 87.1 Å². The van der Waals surface area contributed by atoms with Crippen molar-refractivity contribution < 1.29 is 28.2 Å². The van der Waals surface area contributed by atoms with Crippen LogP contribution in [0.2, 0.25) is 0 Å². The van der Waals surface area contributed by atoms with Crippen molar-refractivity contribution in [2.75, 3.05) is 14.2 Å². The number of methoxy groups -OCH3 is 2. The molecule has 0 aliphatic rings. The third-order valence-corrected chi connectivity index (χ3v) is 7.14. The lowest BCUT2D eigenvalue weighted by atomic mass is 10.0. The summed E-state index contributed by atoms with van der Waals surface area (Å²) in [5.41, 5.74) is 2.56. The SMILES string of the molecule is COc1cc(-c2cnc(C(C)P(=O)(OC(C)C)OC(C)C)c(C)c2)cc(OC)c1O. The highest BCUT2D eigenvalue weighted by Crippen LogP contribution is 2.62. The van der Waals surface area contributed by atoms with Gasteiger partial charge in [0.1, 0.15) is 5.66 Å². The summed E-state index contributed by atoms with van der Waals surface area (Å²) in [6.45, 7) is 11.0. The van der Waals surface area contributed by atoms with Crippen molar-refractivity contribution in [3.05, 3.63) is 35.7 Å². The van der Waals surface area contributed by atoms with E-state index in [-0.39, 0.29) is 18.0 Å². The summed E-state index contributed by atoms with van der Waals surface area (Å²) in [5.74, 6) is 0.551. The molecule has 2 rings (SSSR count). The third kappa shape index (κ3) is 5.34. The van der Waals surface area contributed by atoms with Crippen molar-refractivity contribution in [1.29, 1.82) is 0 Å². The van der Waals surface area contributed by atoms with Crippen molar-refractivity contribution >= 4 is 7.60 Å². The number of rotatable bonds is 9. The summed E-state index contributed by atoms with van der Waals surface area (Å²) < 4.78 is 35.5. The number of phenols is 1. The van der Waals surface area contributed by atoms with E-state index < -0.39 is 13.3 Å². The number of ether oxygens (including phenoxy) is 2. The van der Waals surface area contributed by atoms with Gasteiger partial charge in [0.2, 0.25) is 5.75 Å². The Morgan fingerprint density at radius 1 is 0.900 bits per heavy atom. The number of hydrogen-bond acceptors (Lipinski definition) is 7. The molecule has 0 spiro atoms. The summed E-state index contributed by atoms with van der Waals surface area (Å²) in [4.78, 5) is 4.59.